The first-order valence-corrected chi connectivity index (χ1v) is 8.34. The molecule has 0 bridgehead atoms. The molecular weight excluding hydrogens is 316 g/mol. The van der Waals surface area contributed by atoms with Crippen molar-refractivity contribution in [3.63, 3.8) is 0 Å². The van der Waals surface area contributed by atoms with E-state index >= 15 is 0 Å². The van der Waals surface area contributed by atoms with E-state index in [1.165, 1.54) is 0 Å². The first kappa shape index (κ1) is 13.7. The Kier molecular flexibility index (Phi) is 3.53. The molecule has 22 heavy (non-hydrogen) atoms. The Balaban J connectivity index is 1.84. The fraction of sp³-hybridized carbons (Fsp3) is 0.133. The molecule has 0 fully saturated rings. The van der Waals surface area contributed by atoms with Gasteiger partial charge in [-0.25, -0.2) is 9.97 Å². The molecule has 1 aliphatic rings. The highest BCUT2D eigenvalue weighted by atomic mass is 32.2. The van der Waals surface area contributed by atoms with Crippen molar-refractivity contribution >= 4 is 34.6 Å². The van der Waals surface area contributed by atoms with Gasteiger partial charge in [-0.1, -0.05) is 17.8 Å². The van der Waals surface area contributed by atoms with Gasteiger partial charge in [0.15, 0.2) is 5.82 Å². The lowest BCUT2D eigenvalue weighted by atomic mass is 10.1. The summed E-state index contributed by atoms with van der Waals surface area (Å²) in [7, 11) is 1.69. The zero-order chi connectivity index (χ0) is 14.9. The van der Waals surface area contributed by atoms with Crippen LogP contribution in [0.15, 0.2) is 52.2 Å². The molecule has 0 radical (unpaired) electrons. The van der Waals surface area contributed by atoms with E-state index in [0.717, 1.165) is 31.9 Å². The van der Waals surface area contributed by atoms with Crippen LogP contribution in [0.4, 0.5) is 11.5 Å². The zero-order valence-electron chi connectivity index (χ0n) is 11.8. The van der Waals surface area contributed by atoms with Crippen LogP contribution in [0.3, 0.4) is 0 Å². The quantitative estimate of drug-likeness (QED) is 0.729. The number of benzene rings is 1. The minimum Gasteiger partial charge on any atom is -0.364 e. The number of aromatic nitrogens is 3. The Labute approximate surface area is 136 Å². The first-order chi connectivity index (χ1) is 10.9. The number of hydrogen-bond donors (Lipinski definition) is 0. The van der Waals surface area contributed by atoms with Gasteiger partial charge in [0.1, 0.15) is 11.8 Å². The molecular formula is C15H12N4OS2. The summed E-state index contributed by atoms with van der Waals surface area (Å²) in [6, 6.07) is 6.40. The van der Waals surface area contributed by atoms with Crippen LogP contribution in [0, 0.1) is 0 Å². The largest absolute Gasteiger partial charge is 0.364 e. The smallest absolute Gasteiger partial charge is 0.168 e. The van der Waals surface area contributed by atoms with Crippen LogP contribution in [0.2, 0.25) is 0 Å². The number of rotatable bonds is 3. The van der Waals surface area contributed by atoms with Gasteiger partial charge < -0.3 is 4.74 Å². The first-order valence-electron chi connectivity index (χ1n) is 6.65. The number of thiazole rings is 1. The highest BCUT2D eigenvalue weighted by Crippen LogP contribution is 2.47. The molecule has 1 aromatic carbocycles. The normalized spacial score (nSPS) is 12.9. The molecule has 2 aromatic heterocycles. The second-order valence-electron chi connectivity index (χ2n) is 4.68. The number of ether oxygens (including phenoxy) is 1. The van der Waals surface area contributed by atoms with Crippen LogP contribution in [-0.4, -0.2) is 28.8 Å². The zero-order valence-corrected chi connectivity index (χ0v) is 13.4. The summed E-state index contributed by atoms with van der Waals surface area (Å²) >= 11 is 3.27. The molecule has 0 saturated carbocycles. The fourth-order valence-electron chi connectivity index (χ4n) is 2.38. The third kappa shape index (κ3) is 2.27. The van der Waals surface area contributed by atoms with Gasteiger partial charge in [-0.15, -0.1) is 11.3 Å². The number of fused-ring (bicyclic) bond motifs is 2. The molecule has 110 valence electrons. The average Bonchev–Trinajstić information content (AvgIpc) is 3.09. The van der Waals surface area contributed by atoms with Gasteiger partial charge in [0, 0.05) is 30.6 Å². The molecule has 3 aromatic rings. The Morgan fingerprint density at radius 1 is 1.23 bits per heavy atom. The van der Waals surface area contributed by atoms with E-state index in [-0.39, 0.29) is 0 Å². The molecule has 0 aliphatic carbocycles. The van der Waals surface area contributed by atoms with Gasteiger partial charge in [-0.3, -0.25) is 9.88 Å². The van der Waals surface area contributed by atoms with E-state index in [0.29, 0.717) is 6.73 Å². The van der Waals surface area contributed by atoms with E-state index in [1.54, 1.807) is 42.6 Å². The highest BCUT2D eigenvalue weighted by molar-refractivity contribution is 7.99. The summed E-state index contributed by atoms with van der Waals surface area (Å²) < 4.78 is 5.36. The molecule has 4 rings (SSSR count). The van der Waals surface area contributed by atoms with Crippen LogP contribution >= 0.6 is 23.1 Å². The highest BCUT2D eigenvalue weighted by Gasteiger charge is 2.25. The van der Waals surface area contributed by atoms with Crippen molar-refractivity contribution in [3.05, 3.63) is 42.3 Å². The topological polar surface area (TPSA) is 51.1 Å². The summed E-state index contributed by atoms with van der Waals surface area (Å²) in [5.41, 5.74) is 4.08. The van der Waals surface area contributed by atoms with Crippen LogP contribution in [-0.2, 0) is 4.74 Å². The fourth-order valence-corrected chi connectivity index (χ4v) is 3.99. The second-order valence-corrected chi connectivity index (χ2v) is 6.60. The van der Waals surface area contributed by atoms with Crippen molar-refractivity contribution < 1.29 is 4.74 Å². The summed E-state index contributed by atoms with van der Waals surface area (Å²) in [4.78, 5) is 17.4. The third-order valence-electron chi connectivity index (χ3n) is 3.33. The number of nitrogens with zero attached hydrogens (tertiary/aromatic N) is 4. The van der Waals surface area contributed by atoms with Crippen molar-refractivity contribution in [2.24, 2.45) is 0 Å². The van der Waals surface area contributed by atoms with Crippen molar-refractivity contribution in [1.29, 1.82) is 0 Å². The van der Waals surface area contributed by atoms with Gasteiger partial charge in [-0.05, 0) is 17.7 Å². The van der Waals surface area contributed by atoms with E-state index in [1.807, 2.05) is 11.7 Å². The van der Waals surface area contributed by atoms with Crippen LogP contribution in [0.5, 0.6) is 0 Å². The lowest BCUT2D eigenvalue weighted by molar-refractivity contribution is 0.205. The molecule has 7 heteroatoms. The lowest BCUT2D eigenvalue weighted by Gasteiger charge is -2.30. The van der Waals surface area contributed by atoms with Crippen LogP contribution in [0.25, 0.3) is 10.4 Å². The standard InChI is InChI=1S/C15H12N4OS2/c1-20-9-19-11-6-10(13-7-16-8-21-13)2-3-12(11)22-15-14(19)17-4-5-18-15/h2-8H,9H2,1H3. The van der Waals surface area contributed by atoms with Gasteiger partial charge in [0.05, 0.1) is 16.1 Å². The van der Waals surface area contributed by atoms with Crippen molar-refractivity contribution in [2.45, 2.75) is 9.92 Å². The van der Waals surface area contributed by atoms with Crippen molar-refractivity contribution in [3.8, 4) is 10.4 Å². The monoisotopic (exact) mass is 328 g/mol. The van der Waals surface area contributed by atoms with Gasteiger partial charge in [0.2, 0.25) is 0 Å². The summed E-state index contributed by atoms with van der Waals surface area (Å²) in [6.45, 7) is 0.436. The number of anilines is 2. The SMILES string of the molecule is COCN1c2cc(-c3cncs3)ccc2Sc2nccnc21. The molecule has 1 aliphatic heterocycles. The molecule has 0 saturated heterocycles. The van der Waals surface area contributed by atoms with Crippen molar-refractivity contribution in [1.82, 2.24) is 15.0 Å². The maximum absolute atomic E-state index is 5.36. The molecule has 0 atom stereocenters. The lowest BCUT2D eigenvalue weighted by Crippen LogP contribution is -2.24. The molecule has 0 amide bonds. The minimum absolute atomic E-state index is 0.436. The third-order valence-corrected chi connectivity index (χ3v) is 5.20. The molecule has 0 N–H and O–H groups in total. The van der Waals surface area contributed by atoms with Gasteiger partial charge in [0.25, 0.3) is 0 Å². The van der Waals surface area contributed by atoms with Crippen LogP contribution in [0.1, 0.15) is 0 Å². The van der Waals surface area contributed by atoms with Crippen LogP contribution < -0.4 is 4.90 Å². The predicted octanol–water partition coefficient (Wildman–Crippen LogP) is 3.81. The maximum atomic E-state index is 5.36. The van der Waals surface area contributed by atoms with E-state index in [9.17, 15) is 0 Å². The summed E-state index contributed by atoms with van der Waals surface area (Å²) in [5.74, 6) is 0.836. The Bertz CT molecular complexity index is 807. The van der Waals surface area contributed by atoms with E-state index in [4.69, 9.17) is 4.74 Å². The van der Waals surface area contributed by atoms with E-state index in [2.05, 4.69) is 38.1 Å². The molecule has 0 unspecified atom stereocenters. The Morgan fingerprint density at radius 2 is 2.14 bits per heavy atom. The number of hydrogen-bond acceptors (Lipinski definition) is 7. The summed E-state index contributed by atoms with van der Waals surface area (Å²) in [6.07, 6.45) is 5.31. The molecule has 5 nitrogen and oxygen atoms in total. The maximum Gasteiger partial charge on any atom is 0.168 e. The van der Waals surface area contributed by atoms with Gasteiger partial charge >= 0.3 is 0 Å². The van der Waals surface area contributed by atoms with Crippen molar-refractivity contribution in [2.75, 3.05) is 18.7 Å². The Morgan fingerprint density at radius 3 is 2.95 bits per heavy atom. The molecule has 3 heterocycles. The minimum atomic E-state index is 0.436. The van der Waals surface area contributed by atoms with Gasteiger partial charge in [-0.2, -0.15) is 0 Å². The average molecular weight is 328 g/mol. The second kappa shape index (κ2) is 5.68. The van der Waals surface area contributed by atoms with E-state index < -0.39 is 0 Å². The summed E-state index contributed by atoms with van der Waals surface area (Å²) in [5, 5.41) is 0.901. The number of methoxy groups -OCH3 is 1. The molecule has 0 spiro atoms. The Hall–Kier alpha value is -1.96. The predicted molar refractivity (Wildman–Crippen MR) is 87.7 cm³/mol.